The fraction of sp³-hybridized carbons (Fsp3) is 0.364. The van der Waals surface area contributed by atoms with Gasteiger partial charge in [0.25, 0.3) is 5.69 Å². The van der Waals surface area contributed by atoms with Crippen LogP contribution in [0.4, 0.5) is 5.69 Å². The molecule has 0 bridgehead atoms. The van der Waals surface area contributed by atoms with Crippen molar-refractivity contribution in [3.05, 3.63) is 38.9 Å². The Hall–Kier alpha value is -1.66. The zero-order chi connectivity index (χ0) is 13.7. The number of nitro benzene ring substituents is 1. The molecule has 0 saturated heterocycles. The number of carbonyl (C=O) groups is 1. The van der Waals surface area contributed by atoms with Crippen LogP contribution in [-0.2, 0) is 16.1 Å². The van der Waals surface area contributed by atoms with Crippen molar-refractivity contribution in [2.24, 2.45) is 5.73 Å². The third-order valence-electron chi connectivity index (χ3n) is 2.36. The summed E-state index contributed by atoms with van der Waals surface area (Å²) in [5.41, 5.74) is 5.57. The molecular formula is C11H13ClN2O4. The van der Waals surface area contributed by atoms with Crippen LogP contribution in [0.1, 0.15) is 18.9 Å². The largest absolute Gasteiger partial charge is 0.459 e. The van der Waals surface area contributed by atoms with Crippen LogP contribution >= 0.6 is 11.6 Å². The van der Waals surface area contributed by atoms with Gasteiger partial charge in [-0.2, -0.15) is 0 Å². The van der Waals surface area contributed by atoms with Crippen LogP contribution in [0.2, 0.25) is 5.02 Å². The molecule has 1 rings (SSSR count). The van der Waals surface area contributed by atoms with Gasteiger partial charge in [-0.25, -0.2) is 0 Å². The first-order valence-corrected chi connectivity index (χ1v) is 5.68. The monoisotopic (exact) mass is 272 g/mol. The quantitative estimate of drug-likeness (QED) is 0.503. The van der Waals surface area contributed by atoms with Gasteiger partial charge in [0.2, 0.25) is 0 Å². The Morgan fingerprint density at radius 1 is 1.61 bits per heavy atom. The Morgan fingerprint density at radius 2 is 2.28 bits per heavy atom. The van der Waals surface area contributed by atoms with E-state index in [0.29, 0.717) is 6.42 Å². The van der Waals surface area contributed by atoms with Crippen molar-refractivity contribution in [3.63, 3.8) is 0 Å². The molecule has 1 unspecified atom stereocenters. The molecule has 98 valence electrons. The van der Waals surface area contributed by atoms with Crippen LogP contribution in [-0.4, -0.2) is 16.9 Å². The number of rotatable bonds is 5. The molecule has 0 saturated carbocycles. The Balaban J connectivity index is 2.79. The smallest absolute Gasteiger partial charge is 0.323 e. The molecule has 1 atom stereocenters. The molecule has 1 aromatic carbocycles. The second-order valence-corrected chi connectivity index (χ2v) is 4.09. The summed E-state index contributed by atoms with van der Waals surface area (Å²) in [6.45, 7) is 1.55. The van der Waals surface area contributed by atoms with Gasteiger partial charge in [0.15, 0.2) is 0 Å². The van der Waals surface area contributed by atoms with E-state index in [-0.39, 0.29) is 22.9 Å². The molecule has 0 fully saturated rings. The lowest BCUT2D eigenvalue weighted by Crippen LogP contribution is -2.31. The highest BCUT2D eigenvalue weighted by molar-refractivity contribution is 6.30. The molecule has 1 aromatic rings. The normalized spacial score (nSPS) is 11.9. The van der Waals surface area contributed by atoms with E-state index in [2.05, 4.69) is 0 Å². The molecule has 0 aliphatic rings. The van der Waals surface area contributed by atoms with E-state index in [9.17, 15) is 14.9 Å². The molecule has 2 N–H and O–H groups in total. The summed E-state index contributed by atoms with van der Waals surface area (Å²) in [5, 5.41) is 11.0. The maximum atomic E-state index is 11.4. The lowest BCUT2D eigenvalue weighted by Gasteiger charge is -2.09. The topological polar surface area (TPSA) is 95.5 Å². The van der Waals surface area contributed by atoms with Gasteiger partial charge in [0, 0.05) is 11.1 Å². The zero-order valence-electron chi connectivity index (χ0n) is 9.76. The van der Waals surface area contributed by atoms with Crippen molar-refractivity contribution < 1.29 is 14.5 Å². The third-order valence-corrected chi connectivity index (χ3v) is 2.59. The Kier molecular flexibility index (Phi) is 5.06. The third kappa shape index (κ3) is 3.68. The van der Waals surface area contributed by atoms with Gasteiger partial charge in [-0.3, -0.25) is 14.9 Å². The summed E-state index contributed by atoms with van der Waals surface area (Å²) >= 11 is 5.66. The average molecular weight is 273 g/mol. The van der Waals surface area contributed by atoms with Gasteiger partial charge in [-0.1, -0.05) is 18.5 Å². The van der Waals surface area contributed by atoms with Crippen LogP contribution < -0.4 is 5.73 Å². The molecule has 7 heteroatoms. The van der Waals surface area contributed by atoms with Crippen molar-refractivity contribution >= 4 is 23.3 Å². The van der Waals surface area contributed by atoms with Gasteiger partial charge >= 0.3 is 5.97 Å². The van der Waals surface area contributed by atoms with E-state index in [4.69, 9.17) is 22.1 Å². The number of carbonyl (C=O) groups excluding carboxylic acids is 1. The predicted molar refractivity (Wildman–Crippen MR) is 66.2 cm³/mol. The van der Waals surface area contributed by atoms with Crippen LogP contribution in [0, 0.1) is 10.1 Å². The molecule has 18 heavy (non-hydrogen) atoms. The number of halogens is 1. The zero-order valence-corrected chi connectivity index (χ0v) is 10.5. The first kappa shape index (κ1) is 14.4. The highest BCUT2D eigenvalue weighted by atomic mass is 35.5. The lowest BCUT2D eigenvalue weighted by molar-refractivity contribution is -0.385. The summed E-state index contributed by atoms with van der Waals surface area (Å²) in [7, 11) is 0. The van der Waals surface area contributed by atoms with Crippen molar-refractivity contribution in [3.8, 4) is 0 Å². The predicted octanol–water partition coefficient (Wildman–Crippen LogP) is 2.03. The fourth-order valence-electron chi connectivity index (χ4n) is 1.25. The highest BCUT2D eigenvalue weighted by Crippen LogP contribution is 2.23. The maximum absolute atomic E-state index is 11.4. The Labute approximate surface area is 109 Å². The maximum Gasteiger partial charge on any atom is 0.323 e. The molecule has 0 aromatic heterocycles. The van der Waals surface area contributed by atoms with Crippen molar-refractivity contribution in [2.45, 2.75) is 26.0 Å². The molecule has 0 spiro atoms. The fourth-order valence-corrected chi connectivity index (χ4v) is 1.42. The standard InChI is InChI=1S/C11H13ClN2O4/c1-2-9(13)11(15)18-6-7-3-4-8(12)5-10(7)14(16)17/h3-5,9H,2,6,13H2,1H3. The lowest BCUT2D eigenvalue weighted by atomic mass is 10.2. The molecule has 0 amide bonds. The Morgan fingerprint density at radius 3 is 2.83 bits per heavy atom. The van der Waals surface area contributed by atoms with Crippen molar-refractivity contribution in [1.29, 1.82) is 0 Å². The van der Waals surface area contributed by atoms with Crippen LogP contribution in [0.25, 0.3) is 0 Å². The summed E-state index contributed by atoms with van der Waals surface area (Å²) in [6, 6.07) is 3.45. The number of benzene rings is 1. The van der Waals surface area contributed by atoms with E-state index < -0.39 is 16.9 Å². The summed E-state index contributed by atoms with van der Waals surface area (Å²) in [5.74, 6) is -0.582. The van der Waals surface area contributed by atoms with Crippen molar-refractivity contribution in [1.82, 2.24) is 0 Å². The number of hydrogen-bond donors (Lipinski definition) is 1. The van der Waals surface area contributed by atoms with Crippen molar-refractivity contribution in [2.75, 3.05) is 0 Å². The number of hydrogen-bond acceptors (Lipinski definition) is 5. The number of esters is 1. The first-order chi connectivity index (χ1) is 8.45. The van der Waals surface area contributed by atoms with E-state index in [0.717, 1.165) is 0 Å². The van der Waals surface area contributed by atoms with Gasteiger partial charge < -0.3 is 10.5 Å². The van der Waals surface area contributed by atoms with E-state index >= 15 is 0 Å². The van der Waals surface area contributed by atoms with Crippen LogP contribution in [0.5, 0.6) is 0 Å². The minimum absolute atomic E-state index is 0.180. The summed E-state index contributed by atoms with van der Waals surface area (Å²) in [6.07, 6.45) is 0.446. The van der Waals surface area contributed by atoms with Crippen LogP contribution in [0.3, 0.4) is 0 Å². The first-order valence-electron chi connectivity index (χ1n) is 5.30. The van der Waals surface area contributed by atoms with E-state index in [1.807, 2.05) is 0 Å². The van der Waals surface area contributed by atoms with E-state index in [1.165, 1.54) is 18.2 Å². The molecule has 0 radical (unpaired) electrons. The van der Waals surface area contributed by atoms with Crippen LogP contribution in [0.15, 0.2) is 18.2 Å². The number of nitro groups is 1. The SMILES string of the molecule is CCC(N)C(=O)OCc1ccc(Cl)cc1[N+](=O)[O-]. The molecule has 0 aliphatic heterocycles. The second kappa shape index (κ2) is 6.32. The van der Waals surface area contributed by atoms with E-state index in [1.54, 1.807) is 6.92 Å². The molecule has 0 aliphatic carbocycles. The molecular weight excluding hydrogens is 260 g/mol. The number of nitrogens with zero attached hydrogens (tertiary/aromatic N) is 1. The van der Waals surface area contributed by atoms with Gasteiger partial charge in [0.05, 0.1) is 10.5 Å². The number of ether oxygens (including phenoxy) is 1. The second-order valence-electron chi connectivity index (χ2n) is 3.65. The summed E-state index contributed by atoms with van der Waals surface area (Å²) < 4.78 is 4.90. The van der Waals surface area contributed by atoms with Gasteiger partial charge in [0.1, 0.15) is 12.6 Å². The van der Waals surface area contributed by atoms with Gasteiger partial charge in [-0.05, 0) is 18.6 Å². The minimum atomic E-state index is -0.712. The minimum Gasteiger partial charge on any atom is -0.459 e. The average Bonchev–Trinajstić information content (AvgIpc) is 2.35. The molecule has 6 nitrogen and oxygen atoms in total. The Bertz CT molecular complexity index is 464. The molecule has 0 heterocycles. The number of nitrogens with two attached hydrogens (primary N) is 1. The van der Waals surface area contributed by atoms with Gasteiger partial charge in [-0.15, -0.1) is 0 Å². The summed E-state index contributed by atoms with van der Waals surface area (Å²) in [4.78, 5) is 21.6. The highest BCUT2D eigenvalue weighted by Gasteiger charge is 2.18.